The number of aliphatic imine (C=N–C) groups is 1. The fourth-order valence-electron chi connectivity index (χ4n) is 3.32. The number of carbonyl (C=O) groups excluding carboxylic acids is 1. The minimum Gasteiger partial charge on any atom is -0.465 e. The van der Waals surface area contributed by atoms with Crippen molar-refractivity contribution in [3.05, 3.63) is 82.2 Å². The molecule has 0 N–H and O–H groups in total. The molecule has 0 aliphatic heterocycles. The smallest absolute Gasteiger partial charge is 0.338 e. The molecule has 0 aliphatic carbocycles. The van der Waals surface area contributed by atoms with Gasteiger partial charge in [0.1, 0.15) is 0 Å². The number of aryl methyl sites for hydroxylation is 2. The molecule has 0 saturated heterocycles. The highest BCUT2D eigenvalue weighted by Crippen LogP contribution is 2.24. The zero-order valence-electron chi connectivity index (χ0n) is 16.4. The molecule has 0 fully saturated rings. The van der Waals surface area contributed by atoms with Crippen LogP contribution in [-0.2, 0) is 4.74 Å². The van der Waals surface area contributed by atoms with E-state index in [0.717, 1.165) is 33.9 Å². The summed E-state index contributed by atoms with van der Waals surface area (Å²) in [6, 6.07) is 16.0. The Bertz CT molecular complexity index is 1030. The first-order chi connectivity index (χ1) is 12.9. The lowest BCUT2D eigenvalue weighted by Crippen LogP contribution is -2.03. The summed E-state index contributed by atoms with van der Waals surface area (Å²) >= 11 is 0. The summed E-state index contributed by atoms with van der Waals surface area (Å²) in [7, 11) is 1.39. The van der Waals surface area contributed by atoms with Crippen LogP contribution >= 0.6 is 0 Å². The van der Waals surface area contributed by atoms with Crippen LogP contribution in [0.1, 0.15) is 38.4 Å². The van der Waals surface area contributed by atoms with E-state index in [4.69, 9.17) is 4.74 Å². The van der Waals surface area contributed by atoms with E-state index in [9.17, 15) is 4.79 Å². The van der Waals surface area contributed by atoms with Crippen LogP contribution in [0.25, 0.3) is 5.69 Å². The van der Waals surface area contributed by atoms with E-state index in [1.807, 2.05) is 25.3 Å². The highest BCUT2D eigenvalue weighted by Gasteiger charge is 2.12. The predicted octanol–water partition coefficient (Wildman–Crippen LogP) is 5.25. The van der Waals surface area contributed by atoms with E-state index in [0.29, 0.717) is 5.56 Å². The van der Waals surface area contributed by atoms with Crippen LogP contribution in [-0.4, -0.2) is 23.9 Å². The first-order valence-electron chi connectivity index (χ1n) is 8.90. The monoisotopic (exact) mass is 360 g/mol. The largest absolute Gasteiger partial charge is 0.465 e. The van der Waals surface area contributed by atoms with Crippen LogP contribution in [0, 0.1) is 27.7 Å². The van der Waals surface area contributed by atoms with Gasteiger partial charge in [0.15, 0.2) is 0 Å². The summed E-state index contributed by atoms with van der Waals surface area (Å²) in [5, 5.41) is 0. The van der Waals surface area contributed by atoms with Gasteiger partial charge in [0.2, 0.25) is 0 Å². The Morgan fingerprint density at radius 2 is 1.78 bits per heavy atom. The second-order valence-electron chi connectivity index (χ2n) is 6.70. The summed E-state index contributed by atoms with van der Waals surface area (Å²) in [6.45, 7) is 8.16. The van der Waals surface area contributed by atoms with Gasteiger partial charge in [-0.1, -0.05) is 18.2 Å². The van der Waals surface area contributed by atoms with Gasteiger partial charge < -0.3 is 9.30 Å². The van der Waals surface area contributed by atoms with Crippen molar-refractivity contribution in [2.75, 3.05) is 7.11 Å². The lowest BCUT2D eigenvalue weighted by Gasteiger charge is -2.10. The van der Waals surface area contributed by atoms with Crippen molar-refractivity contribution >= 4 is 17.9 Å². The van der Waals surface area contributed by atoms with Crippen LogP contribution in [0.5, 0.6) is 0 Å². The number of methoxy groups -OCH3 is 1. The van der Waals surface area contributed by atoms with Crippen molar-refractivity contribution in [3.8, 4) is 5.69 Å². The minimum atomic E-state index is -0.345. The molecule has 1 aromatic heterocycles. The van der Waals surface area contributed by atoms with Crippen LogP contribution in [0.3, 0.4) is 0 Å². The molecule has 0 saturated carbocycles. The van der Waals surface area contributed by atoms with Crippen molar-refractivity contribution in [1.29, 1.82) is 0 Å². The fraction of sp³-hybridized carbons (Fsp3) is 0.217. The van der Waals surface area contributed by atoms with Crippen molar-refractivity contribution < 1.29 is 9.53 Å². The summed E-state index contributed by atoms with van der Waals surface area (Å²) in [5.41, 5.74) is 7.82. The third kappa shape index (κ3) is 3.70. The number of hydrogen-bond donors (Lipinski definition) is 0. The Morgan fingerprint density at radius 3 is 2.48 bits per heavy atom. The molecule has 0 aliphatic rings. The topological polar surface area (TPSA) is 43.6 Å². The molecule has 0 atom stereocenters. The Kier molecular flexibility index (Phi) is 5.26. The number of hydrogen-bond acceptors (Lipinski definition) is 3. The number of nitrogens with zero attached hydrogens (tertiary/aromatic N) is 2. The number of rotatable bonds is 4. The first kappa shape index (κ1) is 18.6. The van der Waals surface area contributed by atoms with Crippen LogP contribution in [0.4, 0.5) is 5.69 Å². The molecular weight excluding hydrogens is 336 g/mol. The van der Waals surface area contributed by atoms with E-state index in [1.165, 1.54) is 12.7 Å². The van der Waals surface area contributed by atoms with Crippen LogP contribution < -0.4 is 0 Å². The van der Waals surface area contributed by atoms with Crippen molar-refractivity contribution in [2.45, 2.75) is 27.7 Å². The van der Waals surface area contributed by atoms with Gasteiger partial charge >= 0.3 is 5.97 Å². The molecule has 0 radical (unpaired) electrons. The Balaban J connectivity index is 1.98. The normalized spacial score (nSPS) is 11.1. The molecule has 0 bridgehead atoms. The second kappa shape index (κ2) is 7.62. The summed E-state index contributed by atoms with van der Waals surface area (Å²) < 4.78 is 7.07. The lowest BCUT2D eigenvalue weighted by molar-refractivity contribution is 0.0600. The Labute approximate surface area is 160 Å². The quantitative estimate of drug-likeness (QED) is 0.471. The number of aromatic nitrogens is 1. The van der Waals surface area contributed by atoms with E-state index >= 15 is 0 Å². The van der Waals surface area contributed by atoms with E-state index < -0.39 is 0 Å². The molecular formula is C23H24N2O2. The zero-order valence-corrected chi connectivity index (χ0v) is 16.4. The maximum atomic E-state index is 11.9. The Hall–Kier alpha value is -3.14. The van der Waals surface area contributed by atoms with Crippen molar-refractivity contribution in [2.24, 2.45) is 4.99 Å². The van der Waals surface area contributed by atoms with Crippen molar-refractivity contribution in [3.63, 3.8) is 0 Å². The van der Waals surface area contributed by atoms with Gasteiger partial charge in [-0.05, 0) is 69.2 Å². The zero-order chi connectivity index (χ0) is 19.6. The molecule has 0 unspecified atom stereocenters. The molecule has 4 nitrogen and oxygen atoms in total. The predicted molar refractivity (Wildman–Crippen MR) is 110 cm³/mol. The summed E-state index contributed by atoms with van der Waals surface area (Å²) in [5.74, 6) is -0.345. The standard InChI is InChI=1S/C23H24N2O2/c1-15-8-6-9-20(12-15)25-16(2)13-19(18(25)4)14-24-22-11-7-10-21(17(22)3)23(26)27-5/h6-14H,1-5H3. The summed E-state index contributed by atoms with van der Waals surface area (Å²) in [4.78, 5) is 16.5. The third-order valence-corrected chi connectivity index (χ3v) is 4.78. The van der Waals surface area contributed by atoms with E-state index in [-0.39, 0.29) is 5.97 Å². The molecule has 27 heavy (non-hydrogen) atoms. The van der Waals surface area contributed by atoms with Gasteiger partial charge in [0.25, 0.3) is 0 Å². The average Bonchev–Trinajstić information content (AvgIpc) is 2.93. The van der Waals surface area contributed by atoms with E-state index in [2.05, 4.69) is 60.7 Å². The molecule has 4 heteroatoms. The molecule has 3 rings (SSSR count). The van der Waals surface area contributed by atoms with Gasteiger partial charge in [0, 0.05) is 28.9 Å². The number of ether oxygens (including phenoxy) is 1. The van der Waals surface area contributed by atoms with Gasteiger partial charge in [-0.2, -0.15) is 0 Å². The third-order valence-electron chi connectivity index (χ3n) is 4.78. The first-order valence-corrected chi connectivity index (χ1v) is 8.90. The molecule has 2 aromatic carbocycles. The maximum absolute atomic E-state index is 11.9. The van der Waals surface area contributed by atoms with Gasteiger partial charge in [-0.3, -0.25) is 4.99 Å². The second-order valence-corrected chi connectivity index (χ2v) is 6.70. The fourth-order valence-corrected chi connectivity index (χ4v) is 3.32. The molecule has 3 aromatic rings. The highest BCUT2D eigenvalue weighted by atomic mass is 16.5. The number of benzene rings is 2. The molecule has 0 amide bonds. The van der Waals surface area contributed by atoms with Crippen molar-refractivity contribution in [1.82, 2.24) is 4.57 Å². The minimum absolute atomic E-state index is 0.345. The van der Waals surface area contributed by atoms with Crippen LogP contribution in [0.15, 0.2) is 53.5 Å². The van der Waals surface area contributed by atoms with Gasteiger partial charge in [-0.15, -0.1) is 0 Å². The lowest BCUT2D eigenvalue weighted by atomic mass is 10.1. The number of esters is 1. The van der Waals surface area contributed by atoms with E-state index in [1.54, 1.807) is 6.07 Å². The summed E-state index contributed by atoms with van der Waals surface area (Å²) in [6.07, 6.45) is 1.86. The molecule has 1 heterocycles. The van der Waals surface area contributed by atoms with Gasteiger partial charge in [-0.25, -0.2) is 4.79 Å². The van der Waals surface area contributed by atoms with Crippen LogP contribution in [0.2, 0.25) is 0 Å². The highest BCUT2D eigenvalue weighted by molar-refractivity contribution is 5.93. The SMILES string of the molecule is COC(=O)c1cccc(N=Cc2cc(C)n(-c3cccc(C)c3)c2C)c1C. The average molecular weight is 360 g/mol. The van der Waals surface area contributed by atoms with Gasteiger partial charge in [0.05, 0.1) is 18.4 Å². The molecule has 138 valence electrons. The Morgan fingerprint density at radius 1 is 1.04 bits per heavy atom. The number of carbonyl (C=O) groups is 1. The molecule has 0 spiro atoms. The maximum Gasteiger partial charge on any atom is 0.338 e.